The molecule has 0 spiro atoms. The molecule has 0 saturated carbocycles. The van der Waals surface area contributed by atoms with Crippen LogP contribution in [0.3, 0.4) is 0 Å². The van der Waals surface area contributed by atoms with Crippen LogP contribution in [0.4, 0.5) is 5.69 Å². The third-order valence-corrected chi connectivity index (χ3v) is 5.61. The molecule has 2 aromatic carbocycles. The number of aryl methyl sites for hydroxylation is 1. The van der Waals surface area contributed by atoms with Gasteiger partial charge in [0.2, 0.25) is 15.9 Å². The molecule has 0 aliphatic heterocycles. The first-order valence-corrected chi connectivity index (χ1v) is 11.1. The van der Waals surface area contributed by atoms with E-state index in [1.807, 2.05) is 31.2 Å². The van der Waals surface area contributed by atoms with Crippen molar-refractivity contribution in [3.63, 3.8) is 0 Å². The van der Waals surface area contributed by atoms with E-state index in [4.69, 9.17) is 9.47 Å². The molecule has 0 radical (unpaired) electrons. The molecule has 0 fully saturated rings. The first-order chi connectivity index (χ1) is 13.6. The second-order valence-corrected chi connectivity index (χ2v) is 8.78. The zero-order chi connectivity index (χ0) is 21.6. The zero-order valence-corrected chi connectivity index (χ0v) is 18.2. The topological polar surface area (TPSA) is 84.9 Å². The van der Waals surface area contributed by atoms with Crippen molar-refractivity contribution >= 4 is 21.6 Å². The van der Waals surface area contributed by atoms with Crippen molar-refractivity contribution < 1.29 is 22.7 Å². The van der Waals surface area contributed by atoms with Crippen LogP contribution in [0.25, 0.3) is 0 Å². The Bertz CT molecular complexity index is 946. The minimum absolute atomic E-state index is 0.265. The lowest BCUT2D eigenvalue weighted by molar-refractivity contribution is -0.122. The van der Waals surface area contributed by atoms with Crippen LogP contribution in [0.5, 0.6) is 11.5 Å². The van der Waals surface area contributed by atoms with E-state index >= 15 is 0 Å². The smallest absolute Gasteiger partial charge is 0.243 e. The number of nitrogens with zero attached hydrogens (tertiary/aromatic N) is 1. The van der Waals surface area contributed by atoms with Crippen molar-refractivity contribution in [1.29, 1.82) is 0 Å². The summed E-state index contributed by atoms with van der Waals surface area (Å²) in [6.07, 6.45) is 1.07. The van der Waals surface area contributed by atoms with Gasteiger partial charge >= 0.3 is 0 Å². The molecule has 0 aliphatic rings. The van der Waals surface area contributed by atoms with E-state index in [0.717, 1.165) is 21.9 Å². The summed E-state index contributed by atoms with van der Waals surface area (Å²) in [5, 5.41) is 2.82. The molecule has 2 atom stereocenters. The van der Waals surface area contributed by atoms with Gasteiger partial charge in [-0.2, -0.15) is 0 Å². The highest BCUT2D eigenvalue weighted by molar-refractivity contribution is 7.92. The van der Waals surface area contributed by atoms with Crippen molar-refractivity contribution in [3.8, 4) is 11.5 Å². The molecule has 0 bridgehead atoms. The molecule has 2 aromatic rings. The maximum atomic E-state index is 12.7. The van der Waals surface area contributed by atoms with Gasteiger partial charge in [-0.15, -0.1) is 0 Å². The second-order valence-electron chi connectivity index (χ2n) is 6.92. The molecular formula is C21H28N2O5S. The summed E-state index contributed by atoms with van der Waals surface area (Å²) in [5.41, 5.74) is 1.36. The van der Waals surface area contributed by atoms with E-state index in [-0.39, 0.29) is 12.6 Å². The number of ether oxygens (including phenoxy) is 2. The molecule has 0 saturated heterocycles. The molecule has 0 aromatic heterocycles. The Kier molecular flexibility index (Phi) is 7.50. The molecule has 8 heteroatoms. The van der Waals surface area contributed by atoms with Gasteiger partial charge in [0.05, 0.1) is 25.1 Å². The van der Waals surface area contributed by atoms with Gasteiger partial charge < -0.3 is 14.8 Å². The van der Waals surface area contributed by atoms with E-state index in [1.165, 1.54) is 7.11 Å². The minimum atomic E-state index is -3.70. The van der Waals surface area contributed by atoms with Crippen LogP contribution < -0.4 is 19.1 Å². The average Bonchev–Trinajstić information content (AvgIpc) is 2.66. The Morgan fingerprint density at radius 1 is 1.14 bits per heavy atom. The number of rotatable bonds is 9. The molecule has 29 heavy (non-hydrogen) atoms. The SMILES string of the molecule is COc1cccc(N(C(C)C(=O)NC(C)COc2ccccc2C)S(C)(=O)=O)c1. The van der Waals surface area contributed by atoms with Gasteiger partial charge in [-0.05, 0) is 44.5 Å². The summed E-state index contributed by atoms with van der Waals surface area (Å²) in [7, 11) is -2.20. The summed E-state index contributed by atoms with van der Waals surface area (Å²) in [4.78, 5) is 12.7. The highest BCUT2D eigenvalue weighted by Crippen LogP contribution is 2.25. The van der Waals surface area contributed by atoms with Crippen molar-refractivity contribution in [2.75, 3.05) is 24.3 Å². The average molecular weight is 421 g/mol. The summed E-state index contributed by atoms with van der Waals surface area (Å²) in [5.74, 6) is 0.832. The quantitative estimate of drug-likeness (QED) is 0.674. The molecule has 1 N–H and O–H groups in total. The normalized spacial score (nSPS) is 13.3. The second kappa shape index (κ2) is 9.65. The van der Waals surface area contributed by atoms with Gasteiger partial charge in [-0.1, -0.05) is 24.3 Å². The summed E-state index contributed by atoms with van der Waals surface area (Å²) in [6, 6.07) is 12.9. The predicted octanol–water partition coefficient (Wildman–Crippen LogP) is 2.74. The standard InChI is InChI=1S/C21H28N2O5S/c1-15-9-6-7-12-20(15)28-14-16(2)22-21(24)17(3)23(29(5,25)26)18-10-8-11-19(13-18)27-4/h6-13,16-17H,14H2,1-5H3,(H,22,24). The van der Waals surface area contributed by atoms with Crippen molar-refractivity contribution in [3.05, 3.63) is 54.1 Å². The fourth-order valence-corrected chi connectivity index (χ4v) is 4.06. The Balaban J connectivity index is 2.09. The van der Waals surface area contributed by atoms with Crippen LogP contribution in [0.1, 0.15) is 19.4 Å². The Morgan fingerprint density at radius 3 is 2.45 bits per heavy atom. The minimum Gasteiger partial charge on any atom is -0.497 e. The molecule has 0 aliphatic carbocycles. The van der Waals surface area contributed by atoms with Crippen LogP contribution in [0.2, 0.25) is 0 Å². The number of para-hydroxylation sites is 1. The summed E-state index contributed by atoms with van der Waals surface area (Å²) >= 11 is 0. The molecule has 158 valence electrons. The number of carbonyl (C=O) groups excluding carboxylic acids is 1. The molecule has 7 nitrogen and oxygen atoms in total. The number of nitrogens with one attached hydrogen (secondary N) is 1. The van der Waals surface area contributed by atoms with E-state index in [2.05, 4.69) is 5.32 Å². The maximum Gasteiger partial charge on any atom is 0.243 e. The first-order valence-electron chi connectivity index (χ1n) is 9.25. The number of hydrogen-bond acceptors (Lipinski definition) is 5. The van der Waals surface area contributed by atoms with Gasteiger partial charge in [0.15, 0.2) is 0 Å². The fourth-order valence-electron chi connectivity index (χ4n) is 2.89. The van der Waals surface area contributed by atoms with Gasteiger partial charge in [0.25, 0.3) is 0 Å². The lowest BCUT2D eigenvalue weighted by atomic mass is 10.2. The first kappa shape index (κ1) is 22.5. The Hall–Kier alpha value is -2.74. The van der Waals surface area contributed by atoms with E-state index in [0.29, 0.717) is 11.4 Å². The van der Waals surface area contributed by atoms with Crippen molar-refractivity contribution in [1.82, 2.24) is 5.32 Å². The van der Waals surface area contributed by atoms with Crippen LogP contribution in [0, 0.1) is 6.92 Å². The van der Waals surface area contributed by atoms with E-state index < -0.39 is 22.0 Å². The van der Waals surface area contributed by atoms with Crippen LogP contribution in [0.15, 0.2) is 48.5 Å². The summed E-state index contributed by atoms with van der Waals surface area (Å²) in [6.45, 7) is 5.56. The molecular weight excluding hydrogens is 392 g/mol. The summed E-state index contributed by atoms with van der Waals surface area (Å²) < 4.78 is 36.8. The van der Waals surface area contributed by atoms with Gasteiger partial charge in [0.1, 0.15) is 24.1 Å². The Labute approximate surface area is 172 Å². The number of amides is 1. The third kappa shape index (κ3) is 6.12. The van der Waals surface area contributed by atoms with Crippen LogP contribution in [-0.4, -0.2) is 46.4 Å². The fraction of sp³-hybridized carbons (Fsp3) is 0.381. The molecule has 1 amide bonds. The molecule has 2 unspecified atom stereocenters. The predicted molar refractivity (Wildman–Crippen MR) is 114 cm³/mol. The number of anilines is 1. The van der Waals surface area contributed by atoms with Gasteiger partial charge in [-0.25, -0.2) is 8.42 Å². The highest BCUT2D eigenvalue weighted by Gasteiger charge is 2.30. The monoisotopic (exact) mass is 420 g/mol. The lowest BCUT2D eigenvalue weighted by Crippen LogP contribution is -2.50. The van der Waals surface area contributed by atoms with Crippen LogP contribution >= 0.6 is 0 Å². The Morgan fingerprint density at radius 2 is 1.83 bits per heavy atom. The highest BCUT2D eigenvalue weighted by atomic mass is 32.2. The van der Waals surface area contributed by atoms with Gasteiger partial charge in [-0.3, -0.25) is 9.10 Å². The number of methoxy groups -OCH3 is 1. The number of carbonyl (C=O) groups is 1. The number of sulfonamides is 1. The lowest BCUT2D eigenvalue weighted by Gasteiger charge is -2.29. The molecule has 2 rings (SSSR count). The van der Waals surface area contributed by atoms with E-state index in [1.54, 1.807) is 38.1 Å². The van der Waals surface area contributed by atoms with Crippen molar-refractivity contribution in [2.45, 2.75) is 32.9 Å². The van der Waals surface area contributed by atoms with Gasteiger partial charge in [0, 0.05) is 6.07 Å². The largest absolute Gasteiger partial charge is 0.497 e. The third-order valence-electron chi connectivity index (χ3n) is 4.37. The number of benzene rings is 2. The van der Waals surface area contributed by atoms with E-state index in [9.17, 15) is 13.2 Å². The van der Waals surface area contributed by atoms with Crippen molar-refractivity contribution in [2.24, 2.45) is 0 Å². The molecule has 0 heterocycles. The maximum absolute atomic E-state index is 12.7. The van der Waals surface area contributed by atoms with Crippen LogP contribution in [-0.2, 0) is 14.8 Å². The zero-order valence-electron chi connectivity index (χ0n) is 17.4. The number of hydrogen-bond donors (Lipinski definition) is 1.